The molecule has 0 saturated carbocycles. The number of rotatable bonds is 5. The van der Waals surface area contributed by atoms with Gasteiger partial charge in [0, 0.05) is 51.8 Å². The molecule has 2 nitrogen and oxygen atoms in total. The molecule has 125 valence electrons. The first-order chi connectivity index (χ1) is 7.72. The van der Waals surface area contributed by atoms with Gasteiger partial charge in [-0.2, -0.15) is 0 Å². The predicted octanol–water partition coefficient (Wildman–Crippen LogP) is 5.61. The Hall–Kier alpha value is 1.02. The van der Waals surface area contributed by atoms with E-state index in [0.717, 1.165) is 26.3 Å². The molecule has 0 atom stereocenters. The molecule has 1 heterocycles. The predicted molar refractivity (Wildman–Crippen MR) is 92.2 cm³/mol. The maximum Gasteiger partial charge on any atom is 0.0594 e. The van der Waals surface area contributed by atoms with Crippen molar-refractivity contribution in [1.29, 1.82) is 0 Å². The summed E-state index contributed by atoms with van der Waals surface area (Å²) < 4.78 is 5.21. The van der Waals surface area contributed by atoms with Gasteiger partial charge < -0.3 is 4.74 Å². The van der Waals surface area contributed by atoms with Gasteiger partial charge in [-0.15, -0.1) is 0 Å². The van der Waals surface area contributed by atoms with Crippen molar-refractivity contribution >= 4 is 0 Å². The van der Waals surface area contributed by atoms with Crippen molar-refractivity contribution in [3.63, 3.8) is 0 Å². The van der Waals surface area contributed by atoms with Crippen LogP contribution in [0.15, 0.2) is 0 Å². The Morgan fingerprint density at radius 1 is 0.850 bits per heavy atom. The van der Waals surface area contributed by atoms with Gasteiger partial charge in [-0.05, 0) is 13.8 Å². The third-order valence-corrected chi connectivity index (χ3v) is 2.98. The average molecular weight is 366 g/mol. The second-order valence-corrected chi connectivity index (χ2v) is 4.80. The van der Waals surface area contributed by atoms with Gasteiger partial charge >= 0.3 is 0 Å². The van der Waals surface area contributed by atoms with Crippen LogP contribution < -0.4 is 0 Å². The van der Waals surface area contributed by atoms with E-state index in [1.54, 1.807) is 0 Å². The Labute approximate surface area is 156 Å². The first-order valence-electron chi connectivity index (χ1n) is 7.04. The van der Waals surface area contributed by atoms with E-state index in [0.29, 0.717) is 6.04 Å². The maximum atomic E-state index is 5.21. The second-order valence-electron chi connectivity index (χ2n) is 4.80. The molecule has 0 aromatic rings. The van der Waals surface area contributed by atoms with E-state index < -0.39 is 0 Å². The van der Waals surface area contributed by atoms with Crippen LogP contribution in [-0.2, 0) is 37.4 Å². The zero-order chi connectivity index (χ0) is 12.2. The van der Waals surface area contributed by atoms with Crippen LogP contribution in [-0.4, -0.2) is 37.2 Å². The zero-order valence-corrected chi connectivity index (χ0v) is 15.2. The molecule has 20 heavy (non-hydrogen) atoms. The van der Waals surface area contributed by atoms with Gasteiger partial charge in [0.15, 0.2) is 0 Å². The van der Waals surface area contributed by atoms with Crippen LogP contribution in [0.3, 0.4) is 0 Å². The van der Waals surface area contributed by atoms with E-state index >= 15 is 0 Å². The third-order valence-electron chi connectivity index (χ3n) is 2.98. The summed E-state index contributed by atoms with van der Waals surface area (Å²) in [5.41, 5.74) is 0. The summed E-state index contributed by atoms with van der Waals surface area (Å²) in [6, 6.07) is 0.689. The van der Waals surface area contributed by atoms with Gasteiger partial charge in [0.05, 0.1) is 13.2 Å². The van der Waals surface area contributed by atoms with E-state index in [1.165, 1.54) is 32.1 Å². The molecular formula is C17H43NOY. The molecule has 0 aromatic carbocycles. The van der Waals surface area contributed by atoms with Crippen LogP contribution in [0.5, 0.6) is 0 Å². The molecule has 0 amide bonds. The summed E-state index contributed by atoms with van der Waals surface area (Å²) >= 11 is 0. The maximum absolute atomic E-state index is 5.21. The summed E-state index contributed by atoms with van der Waals surface area (Å²) in [7, 11) is 0. The summed E-state index contributed by atoms with van der Waals surface area (Å²) in [5.74, 6) is 0. The van der Waals surface area contributed by atoms with Crippen molar-refractivity contribution in [2.75, 3.05) is 26.3 Å². The van der Waals surface area contributed by atoms with E-state index in [2.05, 4.69) is 32.6 Å². The molecule has 0 bridgehead atoms. The minimum atomic E-state index is 0. The second kappa shape index (κ2) is 25.0. The van der Waals surface area contributed by atoms with Gasteiger partial charge in [0.2, 0.25) is 0 Å². The van der Waals surface area contributed by atoms with Gasteiger partial charge in [-0.25, -0.2) is 0 Å². The van der Waals surface area contributed by atoms with Crippen molar-refractivity contribution in [2.24, 2.45) is 0 Å². The van der Waals surface area contributed by atoms with Crippen LogP contribution in [0.25, 0.3) is 0 Å². The zero-order valence-electron chi connectivity index (χ0n) is 12.4. The fraction of sp³-hybridized carbons (Fsp3) is 1.00. The summed E-state index contributed by atoms with van der Waals surface area (Å²) in [4.78, 5) is 2.43. The summed E-state index contributed by atoms with van der Waals surface area (Å²) in [6.07, 6.45) is 7.01. The number of morpholine rings is 1. The molecule has 0 aliphatic carbocycles. The number of ether oxygens (including phenoxy) is 1. The fourth-order valence-corrected chi connectivity index (χ4v) is 1.77. The molecule has 3 heteroatoms. The first kappa shape index (κ1) is 32.8. The van der Waals surface area contributed by atoms with E-state index in [9.17, 15) is 0 Å². The Morgan fingerprint density at radius 3 is 1.50 bits per heavy atom. The van der Waals surface area contributed by atoms with Crippen molar-refractivity contribution in [3.8, 4) is 0 Å². The minimum Gasteiger partial charge on any atom is -0.379 e. The summed E-state index contributed by atoms with van der Waals surface area (Å²) in [5, 5.41) is 0. The van der Waals surface area contributed by atoms with Crippen molar-refractivity contribution < 1.29 is 37.4 Å². The molecule has 1 saturated heterocycles. The van der Waals surface area contributed by atoms with Gasteiger partial charge in [0.25, 0.3) is 0 Å². The third kappa shape index (κ3) is 21.3. The molecule has 0 spiro atoms. The molecule has 0 unspecified atom stereocenters. The standard InChI is InChI=1S/C7H15NO.C7H16.3CH4.Y/c1-7(2)8-3-5-9-6-4-8;1-3-5-7-6-4-2;;;;/h7H,3-6H2,1-2H3;3-7H2,1-2H3;3*1H4;. The van der Waals surface area contributed by atoms with E-state index in [1.807, 2.05) is 0 Å². The van der Waals surface area contributed by atoms with Gasteiger partial charge in [0.1, 0.15) is 0 Å². The smallest absolute Gasteiger partial charge is 0.0594 e. The van der Waals surface area contributed by atoms with Crippen molar-refractivity contribution in [1.82, 2.24) is 4.90 Å². The van der Waals surface area contributed by atoms with E-state index in [4.69, 9.17) is 4.74 Å². The average Bonchev–Trinajstić information content (AvgIpc) is 2.32. The molecule has 0 aromatic heterocycles. The monoisotopic (exact) mass is 366 g/mol. The Kier molecular flexibility index (Phi) is 41.0. The largest absolute Gasteiger partial charge is 0.379 e. The molecule has 1 fully saturated rings. The van der Waals surface area contributed by atoms with Crippen molar-refractivity contribution in [2.45, 2.75) is 88.1 Å². The fourth-order valence-electron chi connectivity index (χ4n) is 1.77. The quantitative estimate of drug-likeness (QED) is 0.587. The normalized spacial score (nSPS) is 13.7. The van der Waals surface area contributed by atoms with E-state index in [-0.39, 0.29) is 55.0 Å². The molecule has 0 N–H and O–H groups in total. The summed E-state index contributed by atoms with van der Waals surface area (Å²) in [6.45, 7) is 13.0. The SMILES string of the molecule is C.C.C.CC(C)N1CCOCC1.CCCCCCC.[Y]. The van der Waals surface area contributed by atoms with Crippen LogP contribution in [0.4, 0.5) is 0 Å². The molecule has 1 aliphatic heterocycles. The van der Waals surface area contributed by atoms with Crippen LogP contribution >= 0.6 is 0 Å². The number of unbranched alkanes of at least 4 members (excludes halogenated alkanes) is 4. The number of hydrogen-bond acceptors (Lipinski definition) is 2. The van der Waals surface area contributed by atoms with Gasteiger partial charge in [-0.3, -0.25) is 4.90 Å². The van der Waals surface area contributed by atoms with Gasteiger partial charge in [-0.1, -0.05) is 68.2 Å². The van der Waals surface area contributed by atoms with Crippen LogP contribution in [0.1, 0.15) is 82.1 Å². The number of nitrogens with zero attached hydrogens (tertiary/aromatic N) is 1. The topological polar surface area (TPSA) is 12.5 Å². The molecule has 1 rings (SSSR count). The minimum absolute atomic E-state index is 0. The Balaban J connectivity index is -0.0000000640. The molecule has 1 radical (unpaired) electrons. The molecular weight excluding hydrogens is 323 g/mol. The Bertz CT molecular complexity index is 133. The first-order valence-corrected chi connectivity index (χ1v) is 7.04. The Morgan fingerprint density at radius 2 is 1.25 bits per heavy atom. The van der Waals surface area contributed by atoms with Crippen LogP contribution in [0, 0.1) is 0 Å². The van der Waals surface area contributed by atoms with Crippen molar-refractivity contribution in [3.05, 3.63) is 0 Å². The van der Waals surface area contributed by atoms with Crippen LogP contribution in [0.2, 0.25) is 0 Å². The molecule has 1 aliphatic rings. The number of hydrogen-bond donors (Lipinski definition) is 0.